The van der Waals surface area contributed by atoms with Gasteiger partial charge in [0.25, 0.3) is 0 Å². The fourth-order valence-electron chi connectivity index (χ4n) is 1.69. The van der Waals surface area contributed by atoms with Crippen LogP contribution in [0, 0.1) is 0 Å². The number of hydrogen-bond acceptors (Lipinski definition) is 2. The number of benzene rings is 2. The molecule has 0 radical (unpaired) electrons. The first kappa shape index (κ1) is 15.6. The summed E-state index contributed by atoms with van der Waals surface area (Å²) in [4.78, 5) is 0.00570. The number of nitrogens with two attached hydrogens (primary N) is 1. The Balaban J connectivity index is 2.49. The molecule has 0 aromatic heterocycles. The minimum Gasteiger partial charge on any atom is -0.456 e. The van der Waals surface area contributed by atoms with Gasteiger partial charge in [0.15, 0.2) is 0 Å². The molecule has 0 aliphatic rings. The van der Waals surface area contributed by atoms with Gasteiger partial charge in [0.05, 0.1) is 11.1 Å². The molecule has 0 spiro atoms. The highest BCUT2D eigenvalue weighted by molar-refractivity contribution is 7.80. The summed E-state index contributed by atoms with van der Waals surface area (Å²) < 4.78 is 44.1. The maximum Gasteiger partial charge on any atom is 0.419 e. The minimum absolute atomic E-state index is 0.00570. The Morgan fingerprint density at radius 1 is 1.10 bits per heavy atom. The molecular formula is C14H9ClF3NOS. The highest BCUT2D eigenvalue weighted by atomic mass is 35.5. The van der Waals surface area contributed by atoms with Gasteiger partial charge in [-0.2, -0.15) is 13.2 Å². The third kappa shape index (κ3) is 3.65. The van der Waals surface area contributed by atoms with Gasteiger partial charge in [0.1, 0.15) is 16.5 Å². The highest BCUT2D eigenvalue weighted by Gasteiger charge is 2.34. The number of para-hydroxylation sites is 1. The Kier molecular flexibility index (Phi) is 4.39. The maximum absolute atomic E-state index is 12.9. The van der Waals surface area contributed by atoms with Crippen LogP contribution in [0.5, 0.6) is 11.5 Å². The Labute approximate surface area is 129 Å². The second-order valence-electron chi connectivity index (χ2n) is 4.10. The van der Waals surface area contributed by atoms with Crippen molar-refractivity contribution in [3.63, 3.8) is 0 Å². The van der Waals surface area contributed by atoms with Gasteiger partial charge >= 0.3 is 6.18 Å². The monoisotopic (exact) mass is 331 g/mol. The molecule has 0 atom stereocenters. The van der Waals surface area contributed by atoms with Gasteiger partial charge in [0.2, 0.25) is 0 Å². The third-order valence-corrected chi connectivity index (χ3v) is 3.08. The quantitative estimate of drug-likeness (QED) is 0.822. The van der Waals surface area contributed by atoms with E-state index in [0.717, 1.165) is 6.07 Å². The molecular weight excluding hydrogens is 323 g/mol. The molecule has 0 fully saturated rings. The van der Waals surface area contributed by atoms with Crippen molar-refractivity contribution in [1.29, 1.82) is 0 Å². The lowest BCUT2D eigenvalue weighted by Gasteiger charge is -2.15. The van der Waals surface area contributed by atoms with Crippen molar-refractivity contribution in [2.24, 2.45) is 5.73 Å². The predicted molar refractivity (Wildman–Crippen MR) is 78.9 cm³/mol. The van der Waals surface area contributed by atoms with Crippen molar-refractivity contribution in [3.8, 4) is 11.5 Å². The zero-order valence-electron chi connectivity index (χ0n) is 10.4. The minimum atomic E-state index is -4.53. The second-order valence-corrected chi connectivity index (χ2v) is 4.98. The summed E-state index contributed by atoms with van der Waals surface area (Å²) in [5.41, 5.74) is 4.95. The zero-order chi connectivity index (χ0) is 15.6. The number of thiocarbonyl (C=S) groups is 1. The summed E-state index contributed by atoms with van der Waals surface area (Å²) in [5, 5.41) is 0.300. The molecule has 2 aromatic rings. The molecule has 2 nitrogen and oxygen atoms in total. The normalized spacial score (nSPS) is 11.2. The van der Waals surface area contributed by atoms with Gasteiger partial charge in [-0.3, -0.25) is 0 Å². The SMILES string of the molecule is NC(=S)c1ccc(Cl)cc1Oc1ccccc1C(F)(F)F. The van der Waals surface area contributed by atoms with Crippen LogP contribution in [-0.4, -0.2) is 4.99 Å². The molecule has 0 heterocycles. The number of halogens is 4. The fourth-order valence-corrected chi connectivity index (χ4v) is 2.02. The van der Waals surface area contributed by atoms with Crippen LogP contribution in [0.1, 0.15) is 11.1 Å². The van der Waals surface area contributed by atoms with E-state index in [4.69, 9.17) is 34.3 Å². The standard InChI is InChI=1S/C14H9ClF3NOS/c15-8-5-6-9(13(19)21)12(7-8)20-11-4-2-1-3-10(11)14(16,17)18/h1-7H,(H2,19,21). The van der Waals surface area contributed by atoms with Crippen LogP contribution < -0.4 is 10.5 Å². The lowest BCUT2D eigenvalue weighted by atomic mass is 10.1. The smallest absolute Gasteiger partial charge is 0.419 e. The molecule has 110 valence electrons. The van der Waals surface area contributed by atoms with Gasteiger partial charge in [-0.1, -0.05) is 36.0 Å². The van der Waals surface area contributed by atoms with Crippen molar-refractivity contribution in [2.45, 2.75) is 6.18 Å². The number of ether oxygens (including phenoxy) is 1. The largest absolute Gasteiger partial charge is 0.456 e. The summed E-state index contributed by atoms with van der Waals surface area (Å²) in [6.07, 6.45) is -4.53. The van der Waals surface area contributed by atoms with Crippen LogP contribution in [0.4, 0.5) is 13.2 Å². The van der Waals surface area contributed by atoms with Gasteiger partial charge in [0, 0.05) is 11.1 Å². The summed E-state index contributed by atoms with van der Waals surface area (Å²) in [6, 6.07) is 9.25. The van der Waals surface area contributed by atoms with E-state index in [0.29, 0.717) is 10.6 Å². The van der Waals surface area contributed by atoms with Crippen molar-refractivity contribution >= 4 is 28.8 Å². The molecule has 0 unspecified atom stereocenters. The zero-order valence-corrected chi connectivity index (χ0v) is 12.0. The number of hydrogen-bond donors (Lipinski definition) is 1. The first-order valence-corrected chi connectivity index (χ1v) is 6.51. The van der Waals surface area contributed by atoms with Gasteiger partial charge < -0.3 is 10.5 Å². The van der Waals surface area contributed by atoms with Crippen LogP contribution in [0.25, 0.3) is 0 Å². The molecule has 0 saturated carbocycles. The lowest BCUT2D eigenvalue weighted by Crippen LogP contribution is -2.12. The topological polar surface area (TPSA) is 35.2 Å². The molecule has 0 bridgehead atoms. The lowest BCUT2D eigenvalue weighted by molar-refractivity contribution is -0.138. The van der Waals surface area contributed by atoms with Crippen LogP contribution in [0.15, 0.2) is 42.5 Å². The number of alkyl halides is 3. The molecule has 0 amide bonds. The molecule has 2 N–H and O–H groups in total. The van der Waals surface area contributed by atoms with Crippen molar-refractivity contribution < 1.29 is 17.9 Å². The fraction of sp³-hybridized carbons (Fsp3) is 0.0714. The van der Waals surface area contributed by atoms with Crippen molar-refractivity contribution in [3.05, 3.63) is 58.6 Å². The van der Waals surface area contributed by atoms with E-state index in [1.807, 2.05) is 0 Å². The van der Waals surface area contributed by atoms with Crippen LogP contribution in [0.3, 0.4) is 0 Å². The second kappa shape index (κ2) is 5.91. The molecule has 0 saturated heterocycles. The summed E-state index contributed by atoms with van der Waals surface area (Å²) in [5.74, 6) is -0.267. The highest BCUT2D eigenvalue weighted by Crippen LogP contribution is 2.39. The van der Waals surface area contributed by atoms with Crippen LogP contribution in [0.2, 0.25) is 5.02 Å². The van der Waals surface area contributed by atoms with Crippen molar-refractivity contribution in [1.82, 2.24) is 0 Å². The maximum atomic E-state index is 12.9. The average molecular weight is 332 g/mol. The van der Waals surface area contributed by atoms with E-state index >= 15 is 0 Å². The predicted octanol–water partition coefficient (Wildman–Crippen LogP) is 4.79. The van der Waals surface area contributed by atoms with E-state index < -0.39 is 11.7 Å². The first-order valence-electron chi connectivity index (χ1n) is 5.72. The Hall–Kier alpha value is -1.79. The average Bonchev–Trinajstić information content (AvgIpc) is 2.37. The van der Waals surface area contributed by atoms with E-state index in [1.165, 1.54) is 36.4 Å². The Morgan fingerprint density at radius 2 is 1.76 bits per heavy atom. The summed E-state index contributed by atoms with van der Waals surface area (Å²) >= 11 is 10.7. The van der Waals surface area contributed by atoms with Gasteiger partial charge in [-0.05, 0) is 24.3 Å². The van der Waals surface area contributed by atoms with Gasteiger partial charge in [-0.15, -0.1) is 0 Å². The number of rotatable bonds is 3. The van der Waals surface area contributed by atoms with E-state index in [2.05, 4.69) is 0 Å². The third-order valence-electron chi connectivity index (χ3n) is 2.62. The Bertz CT molecular complexity index is 688. The van der Waals surface area contributed by atoms with E-state index in [-0.39, 0.29) is 16.5 Å². The molecule has 0 aliphatic heterocycles. The molecule has 7 heteroatoms. The first-order chi connectivity index (χ1) is 9.79. The van der Waals surface area contributed by atoms with Crippen molar-refractivity contribution in [2.75, 3.05) is 0 Å². The van der Waals surface area contributed by atoms with Gasteiger partial charge in [-0.25, -0.2) is 0 Å². The summed E-state index contributed by atoms with van der Waals surface area (Å²) in [7, 11) is 0. The molecule has 2 aromatic carbocycles. The van der Waals surface area contributed by atoms with E-state index in [9.17, 15) is 13.2 Å². The van der Waals surface area contributed by atoms with E-state index in [1.54, 1.807) is 0 Å². The molecule has 21 heavy (non-hydrogen) atoms. The van der Waals surface area contributed by atoms with Crippen LogP contribution in [-0.2, 0) is 6.18 Å². The summed E-state index contributed by atoms with van der Waals surface area (Å²) in [6.45, 7) is 0. The Morgan fingerprint density at radius 3 is 2.38 bits per heavy atom. The molecule has 2 rings (SSSR count). The molecule has 0 aliphatic carbocycles. The van der Waals surface area contributed by atoms with Crippen LogP contribution >= 0.6 is 23.8 Å².